The molecule has 104 valence electrons. The summed E-state index contributed by atoms with van der Waals surface area (Å²) in [4.78, 5) is 13.3. The lowest BCUT2D eigenvalue weighted by Gasteiger charge is -2.17. The Balaban J connectivity index is 3.89. The highest BCUT2D eigenvalue weighted by molar-refractivity contribution is 5.77. The summed E-state index contributed by atoms with van der Waals surface area (Å²) in [6, 6.07) is 0. The van der Waals surface area contributed by atoms with Crippen molar-refractivity contribution in [2.45, 2.75) is 40.0 Å². The van der Waals surface area contributed by atoms with E-state index in [-0.39, 0.29) is 12.5 Å². The molecule has 0 aliphatic heterocycles. The summed E-state index contributed by atoms with van der Waals surface area (Å²) in [5, 5.41) is 0. The summed E-state index contributed by atoms with van der Waals surface area (Å²) in [5.41, 5.74) is 1.10. The molecular weight excluding hydrogens is 226 g/mol. The fourth-order valence-electron chi connectivity index (χ4n) is 1.71. The predicted molar refractivity (Wildman–Crippen MR) is 76.2 cm³/mol. The first kappa shape index (κ1) is 16.8. The van der Waals surface area contributed by atoms with Crippen molar-refractivity contribution in [3.63, 3.8) is 0 Å². The smallest absolute Gasteiger partial charge is 0.260 e. The lowest BCUT2D eigenvalue weighted by molar-refractivity contribution is -0.133. The van der Waals surface area contributed by atoms with Gasteiger partial charge in [0.1, 0.15) is 0 Å². The minimum atomic E-state index is -0.00697. The molecule has 0 spiro atoms. The van der Waals surface area contributed by atoms with Crippen molar-refractivity contribution in [2.75, 3.05) is 20.2 Å². The van der Waals surface area contributed by atoms with Gasteiger partial charge in [0.2, 0.25) is 0 Å². The van der Waals surface area contributed by atoms with Crippen LogP contribution in [-0.2, 0) is 9.53 Å². The molecule has 0 aromatic rings. The molecule has 0 aliphatic carbocycles. The third kappa shape index (κ3) is 7.93. The largest absolute Gasteiger partial charge is 0.488 e. The van der Waals surface area contributed by atoms with Crippen molar-refractivity contribution in [1.82, 2.24) is 4.90 Å². The molecule has 0 saturated heterocycles. The van der Waals surface area contributed by atoms with Crippen LogP contribution in [0.15, 0.2) is 24.5 Å². The molecule has 0 aromatic heterocycles. The quantitative estimate of drug-likeness (QED) is 0.466. The Kier molecular flexibility index (Phi) is 8.17. The normalized spacial score (nSPS) is 10.3. The summed E-state index contributed by atoms with van der Waals surface area (Å²) in [7, 11) is 1.79. The molecule has 18 heavy (non-hydrogen) atoms. The van der Waals surface area contributed by atoms with E-state index in [1.54, 1.807) is 11.9 Å². The van der Waals surface area contributed by atoms with Gasteiger partial charge in [-0.05, 0) is 18.8 Å². The number of ether oxygens (including phenoxy) is 1. The topological polar surface area (TPSA) is 29.5 Å². The zero-order chi connectivity index (χ0) is 14.1. The maximum atomic E-state index is 11.6. The fourth-order valence-corrected chi connectivity index (χ4v) is 1.71. The Labute approximate surface area is 112 Å². The molecule has 1 amide bonds. The SMILES string of the molecule is C=C(CC(=C)OCC(=O)N(C)CCC)CC(C)C. The van der Waals surface area contributed by atoms with Crippen LogP contribution in [0.5, 0.6) is 0 Å². The summed E-state index contributed by atoms with van der Waals surface area (Å²) in [5.74, 6) is 1.20. The summed E-state index contributed by atoms with van der Waals surface area (Å²) < 4.78 is 5.38. The average molecular weight is 253 g/mol. The van der Waals surface area contributed by atoms with E-state index in [0.717, 1.165) is 25.0 Å². The molecule has 0 aromatic carbocycles. The number of nitrogens with zero attached hydrogens (tertiary/aromatic N) is 1. The van der Waals surface area contributed by atoms with Gasteiger partial charge >= 0.3 is 0 Å². The predicted octanol–water partition coefficient (Wildman–Crippen LogP) is 3.38. The highest BCUT2D eigenvalue weighted by atomic mass is 16.5. The average Bonchev–Trinajstić information content (AvgIpc) is 2.24. The molecular formula is C15H27NO2. The molecule has 0 N–H and O–H groups in total. The zero-order valence-electron chi connectivity index (χ0n) is 12.3. The van der Waals surface area contributed by atoms with Crippen LogP contribution in [0.25, 0.3) is 0 Å². The molecule has 0 fully saturated rings. The summed E-state index contributed by atoms with van der Waals surface area (Å²) in [6.07, 6.45) is 2.56. The van der Waals surface area contributed by atoms with E-state index >= 15 is 0 Å². The lowest BCUT2D eigenvalue weighted by Crippen LogP contribution is -2.30. The van der Waals surface area contributed by atoms with E-state index in [0.29, 0.717) is 18.1 Å². The second-order valence-corrected chi connectivity index (χ2v) is 5.17. The van der Waals surface area contributed by atoms with Gasteiger partial charge in [-0.25, -0.2) is 0 Å². The number of carbonyl (C=O) groups excluding carboxylic acids is 1. The number of amides is 1. The maximum absolute atomic E-state index is 11.6. The van der Waals surface area contributed by atoms with E-state index in [1.165, 1.54) is 0 Å². The Bertz CT molecular complexity index is 295. The highest BCUT2D eigenvalue weighted by Crippen LogP contribution is 2.16. The molecule has 0 rings (SSSR count). The zero-order valence-corrected chi connectivity index (χ0v) is 12.3. The Hall–Kier alpha value is -1.25. The maximum Gasteiger partial charge on any atom is 0.260 e. The number of allylic oxidation sites excluding steroid dienone is 1. The molecule has 0 heterocycles. The number of hydrogen-bond acceptors (Lipinski definition) is 2. The molecule has 0 aliphatic rings. The Morgan fingerprint density at radius 1 is 1.33 bits per heavy atom. The molecule has 0 saturated carbocycles. The van der Waals surface area contributed by atoms with Crippen molar-refractivity contribution in [3.05, 3.63) is 24.5 Å². The number of likely N-dealkylation sites (N-methyl/N-ethyl adjacent to an activating group) is 1. The van der Waals surface area contributed by atoms with Gasteiger partial charge < -0.3 is 9.64 Å². The summed E-state index contributed by atoms with van der Waals surface area (Å²) >= 11 is 0. The second kappa shape index (κ2) is 8.78. The van der Waals surface area contributed by atoms with Crippen molar-refractivity contribution in [3.8, 4) is 0 Å². The van der Waals surface area contributed by atoms with Crippen LogP contribution in [0.1, 0.15) is 40.0 Å². The van der Waals surface area contributed by atoms with Crippen LogP contribution in [0.3, 0.4) is 0 Å². The number of hydrogen-bond donors (Lipinski definition) is 0. The summed E-state index contributed by atoms with van der Waals surface area (Å²) in [6.45, 7) is 15.0. The van der Waals surface area contributed by atoms with E-state index in [4.69, 9.17) is 4.74 Å². The van der Waals surface area contributed by atoms with E-state index < -0.39 is 0 Å². The Morgan fingerprint density at radius 2 is 1.94 bits per heavy atom. The second-order valence-electron chi connectivity index (χ2n) is 5.17. The number of rotatable bonds is 9. The third-order valence-electron chi connectivity index (χ3n) is 2.53. The molecule has 0 atom stereocenters. The van der Waals surface area contributed by atoms with Gasteiger partial charge in [0.25, 0.3) is 5.91 Å². The molecule has 0 radical (unpaired) electrons. The lowest BCUT2D eigenvalue weighted by atomic mass is 10.0. The van der Waals surface area contributed by atoms with Gasteiger partial charge in [-0.15, -0.1) is 0 Å². The van der Waals surface area contributed by atoms with E-state index in [2.05, 4.69) is 27.0 Å². The van der Waals surface area contributed by atoms with Crippen molar-refractivity contribution in [1.29, 1.82) is 0 Å². The van der Waals surface area contributed by atoms with Gasteiger partial charge in [0, 0.05) is 20.0 Å². The van der Waals surface area contributed by atoms with Gasteiger partial charge in [0.15, 0.2) is 6.61 Å². The third-order valence-corrected chi connectivity index (χ3v) is 2.53. The molecule has 0 unspecified atom stereocenters. The van der Waals surface area contributed by atoms with Crippen LogP contribution >= 0.6 is 0 Å². The molecule has 3 nitrogen and oxygen atoms in total. The molecule has 0 bridgehead atoms. The monoisotopic (exact) mass is 253 g/mol. The first-order valence-corrected chi connectivity index (χ1v) is 6.58. The fraction of sp³-hybridized carbons (Fsp3) is 0.667. The first-order chi connectivity index (χ1) is 8.36. The van der Waals surface area contributed by atoms with Crippen molar-refractivity contribution < 1.29 is 9.53 Å². The van der Waals surface area contributed by atoms with E-state index in [1.807, 2.05) is 6.92 Å². The van der Waals surface area contributed by atoms with Gasteiger partial charge in [0.05, 0.1) is 5.76 Å². The first-order valence-electron chi connectivity index (χ1n) is 6.58. The highest BCUT2D eigenvalue weighted by Gasteiger charge is 2.09. The van der Waals surface area contributed by atoms with Crippen molar-refractivity contribution >= 4 is 5.91 Å². The molecule has 3 heteroatoms. The van der Waals surface area contributed by atoms with Gasteiger partial charge in [-0.3, -0.25) is 4.79 Å². The number of carbonyl (C=O) groups is 1. The van der Waals surface area contributed by atoms with Crippen LogP contribution in [-0.4, -0.2) is 31.0 Å². The van der Waals surface area contributed by atoms with Gasteiger partial charge in [-0.2, -0.15) is 0 Å². The minimum absolute atomic E-state index is 0.00697. The van der Waals surface area contributed by atoms with Crippen LogP contribution in [0.4, 0.5) is 0 Å². The minimum Gasteiger partial charge on any atom is -0.488 e. The Morgan fingerprint density at radius 3 is 2.44 bits per heavy atom. The standard InChI is InChI=1S/C15H27NO2/c1-7-8-16(6)15(17)11-18-14(5)10-13(4)9-12(2)3/h12H,4-5,7-11H2,1-3,6H3. The van der Waals surface area contributed by atoms with Crippen LogP contribution < -0.4 is 0 Å². The van der Waals surface area contributed by atoms with Crippen LogP contribution in [0, 0.1) is 5.92 Å². The van der Waals surface area contributed by atoms with Crippen LogP contribution in [0.2, 0.25) is 0 Å². The van der Waals surface area contributed by atoms with Crippen molar-refractivity contribution in [2.24, 2.45) is 5.92 Å². The van der Waals surface area contributed by atoms with Gasteiger partial charge in [-0.1, -0.05) is 39.5 Å². The van der Waals surface area contributed by atoms with E-state index in [9.17, 15) is 4.79 Å².